The summed E-state index contributed by atoms with van der Waals surface area (Å²) in [5.74, 6) is -0.238. The standard InChI is InChI=1S/C17H25FO2/c1-17(2,13-8-10-14(18)11-9-13)16(19)7-3-5-15-6-4-12-20-15/h8-11,15-16,19H,3-7,12H2,1-2H3. The Bertz CT molecular complexity index is 408. The molecule has 0 amide bonds. The molecule has 1 N–H and O–H groups in total. The second-order valence-electron chi connectivity index (χ2n) is 6.31. The molecule has 0 radical (unpaired) electrons. The van der Waals surface area contributed by atoms with Crippen LogP contribution in [0.15, 0.2) is 24.3 Å². The van der Waals surface area contributed by atoms with Crippen molar-refractivity contribution in [2.24, 2.45) is 0 Å². The number of ether oxygens (including phenoxy) is 1. The minimum absolute atomic E-state index is 0.238. The highest BCUT2D eigenvalue weighted by Crippen LogP contribution is 2.30. The average Bonchev–Trinajstić information content (AvgIpc) is 2.92. The molecule has 2 atom stereocenters. The van der Waals surface area contributed by atoms with Gasteiger partial charge in [-0.3, -0.25) is 0 Å². The van der Waals surface area contributed by atoms with Crippen molar-refractivity contribution in [3.05, 3.63) is 35.6 Å². The minimum Gasteiger partial charge on any atom is -0.392 e. The Morgan fingerprint density at radius 1 is 1.35 bits per heavy atom. The zero-order valence-corrected chi connectivity index (χ0v) is 12.4. The van der Waals surface area contributed by atoms with E-state index < -0.39 is 6.10 Å². The quantitative estimate of drug-likeness (QED) is 0.858. The van der Waals surface area contributed by atoms with Gasteiger partial charge in [0.2, 0.25) is 0 Å². The van der Waals surface area contributed by atoms with E-state index in [1.54, 1.807) is 12.1 Å². The second kappa shape index (κ2) is 6.68. The Morgan fingerprint density at radius 3 is 2.65 bits per heavy atom. The zero-order valence-electron chi connectivity index (χ0n) is 12.4. The summed E-state index contributed by atoms with van der Waals surface area (Å²) in [6.07, 6.45) is 5.02. The fourth-order valence-corrected chi connectivity index (χ4v) is 2.84. The number of rotatable bonds is 6. The Balaban J connectivity index is 1.85. The molecule has 0 spiro atoms. The Labute approximate surface area is 121 Å². The molecule has 0 aliphatic carbocycles. The molecule has 1 aliphatic heterocycles. The van der Waals surface area contributed by atoms with Gasteiger partial charge in [0.1, 0.15) is 5.82 Å². The van der Waals surface area contributed by atoms with Crippen molar-refractivity contribution in [1.29, 1.82) is 0 Å². The maximum Gasteiger partial charge on any atom is 0.123 e. The van der Waals surface area contributed by atoms with Gasteiger partial charge in [0.15, 0.2) is 0 Å². The highest BCUT2D eigenvalue weighted by Gasteiger charge is 2.29. The lowest BCUT2D eigenvalue weighted by Gasteiger charge is -2.31. The van der Waals surface area contributed by atoms with Gasteiger partial charge in [-0.05, 0) is 49.8 Å². The first-order valence-electron chi connectivity index (χ1n) is 7.56. The van der Waals surface area contributed by atoms with Crippen molar-refractivity contribution in [3.63, 3.8) is 0 Å². The van der Waals surface area contributed by atoms with Crippen LogP contribution in [0.5, 0.6) is 0 Å². The van der Waals surface area contributed by atoms with E-state index in [1.165, 1.54) is 12.1 Å². The Kier molecular flexibility index (Phi) is 5.17. The van der Waals surface area contributed by atoms with E-state index in [-0.39, 0.29) is 11.2 Å². The first-order chi connectivity index (χ1) is 9.50. The number of benzene rings is 1. The second-order valence-corrected chi connectivity index (χ2v) is 6.31. The largest absolute Gasteiger partial charge is 0.392 e. The molecule has 2 rings (SSSR count). The summed E-state index contributed by atoms with van der Waals surface area (Å²) in [6.45, 7) is 4.90. The van der Waals surface area contributed by atoms with Gasteiger partial charge in [-0.2, -0.15) is 0 Å². The Morgan fingerprint density at radius 2 is 2.05 bits per heavy atom. The van der Waals surface area contributed by atoms with Crippen molar-refractivity contribution < 1.29 is 14.2 Å². The maximum atomic E-state index is 13.0. The normalized spacial score (nSPS) is 21.1. The summed E-state index contributed by atoms with van der Waals surface area (Å²) in [5.41, 5.74) is 0.619. The average molecular weight is 280 g/mol. The molecule has 2 nitrogen and oxygen atoms in total. The van der Waals surface area contributed by atoms with Gasteiger partial charge in [0.05, 0.1) is 12.2 Å². The van der Waals surface area contributed by atoms with E-state index in [0.717, 1.165) is 44.3 Å². The van der Waals surface area contributed by atoms with E-state index in [2.05, 4.69) is 0 Å². The van der Waals surface area contributed by atoms with Crippen LogP contribution in [0.2, 0.25) is 0 Å². The summed E-state index contributed by atoms with van der Waals surface area (Å²) < 4.78 is 18.6. The molecule has 1 aromatic rings. The molecule has 1 heterocycles. The van der Waals surface area contributed by atoms with Crippen molar-refractivity contribution >= 4 is 0 Å². The van der Waals surface area contributed by atoms with Crippen LogP contribution in [-0.4, -0.2) is 23.9 Å². The number of hydrogen-bond acceptors (Lipinski definition) is 2. The molecule has 3 heteroatoms. The molecule has 1 fully saturated rings. The lowest BCUT2D eigenvalue weighted by molar-refractivity contribution is 0.0723. The van der Waals surface area contributed by atoms with E-state index >= 15 is 0 Å². The van der Waals surface area contributed by atoms with Gasteiger partial charge in [0.25, 0.3) is 0 Å². The van der Waals surface area contributed by atoms with Crippen LogP contribution in [0.4, 0.5) is 4.39 Å². The van der Waals surface area contributed by atoms with Crippen molar-refractivity contribution in [2.75, 3.05) is 6.61 Å². The summed E-state index contributed by atoms with van der Waals surface area (Å²) in [4.78, 5) is 0. The van der Waals surface area contributed by atoms with Crippen LogP contribution >= 0.6 is 0 Å². The first kappa shape index (κ1) is 15.5. The molecule has 0 aromatic heterocycles. The predicted octanol–water partition coefficient (Wildman–Crippen LogP) is 3.81. The highest BCUT2D eigenvalue weighted by atomic mass is 19.1. The number of aliphatic hydroxyl groups is 1. The number of halogens is 1. The molecular weight excluding hydrogens is 255 g/mol. The van der Waals surface area contributed by atoms with Gasteiger partial charge in [0, 0.05) is 12.0 Å². The predicted molar refractivity (Wildman–Crippen MR) is 78.3 cm³/mol. The highest BCUT2D eigenvalue weighted by molar-refractivity contribution is 5.25. The SMILES string of the molecule is CC(C)(c1ccc(F)cc1)C(O)CCCC1CCCO1. The fourth-order valence-electron chi connectivity index (χ4n) is 2.84. The van der Waals surface area contributed by atoms with Crippen LogP contribution in [-0.2, 0) is 10.2 Å². The Hall–Kier alpha value is -0.930. The van der Waals surface area contributed by atoms with Gasteiger partial charge < -0.3 is 9.84 Å². The lowest BCUT2D eigenvalue weighted by atomic mass is 9.77. The lowest BCUT2D eigenvalue weighted by Crippen LogP contribution is -2.33. The molecule has 0 bridgehead atoms. The molecule has 1 aromatic carbocycles. The summed E-state index contributed by atoms with van der Waals surface area (Å²) in [6, 6.07) is 6.43. The van der Waals surface area contributed by atoms with Crippen molar-refractivity contribution in [2.45, 2.75) is 63.6 Å². The van der Waals surface area contributed by atoms with E-state index in [9.17, 15) is 9.50 Å². The zero-order chi connectivity index (χ0) is 14.6. The maximum absolute atomic E-state index is 13.0. The third-order valence-electron chi connectivity index (χ3n) is 4.45. The number of hydrogen-bond donors (Lipinski definition) is 1. The molecule has 112 valence electrons. The van der Waals surface area contributed by atoms with Crippen LogP contribution in [0.3, 0.4) is 0 Å². The third kappa shape index (κ3) is 3.80. The van der Waals surface area contributed by atoms with Crippen LogP contribution < -0.4 is 0 Å². The van der Waals surface area contributed by atoms with Gasteiger partial charge >= 0.3 is 0 Å². The van der Waals surface area contributed by atoms with Crippen molar-refractivity contribution in [3.8, 4) is 0 Å². The molecule has 0 saturated carbocycles. The minimum atomic E-state index is -0.422. The number of aliphatic hydroxyl groups excluding tert-OH is 1. The fraction of sp³-hybridized carbons (Fsp3) is 0.647. The summed E-state index contributed by atoms with van der Waals surface area (Å²) >= 11 is 0. The van der Waals surface area contributed by atoms with E-state index in [0.29, 0.717) is 6.10 Å². The van der Waals surface area contributed by atoms with Crippen LogP contribution in [0.25, 0.3) is 0 Å². The molecule has 20 heavy (non-hydrogen) atoms. The van der Waals surface area contributed by atoms with E-state index in [1.807, 2.05) is 13.8 Å². The topological polar surface area (TPSA) is 29.5 Å². The van der Waals surface area contributed by atoms with Crippen LogP contribution in [0, 0.1) is 5.82 Å². The van der Waals surface area contributed by atoms with Gasteiger partial charge in [-0.15, -0.1) is 0 Å². The first-order valence-corrected chi connectivity index (χ1v) is 7.56. The van der Waals surface area contributed by atoms with Gasteiger partial charge in [-0.25, -0.2) is 4.39 Å². The molecular formula is C17H25FO2. The summed E-state index contributed by atoms with van der Waals surface area (Å²) in [5, 5.41) is 10.4. The van der Waals surface area contributed by atoms with Gasteiger partial charge in [-0.1, -0.05) is 26.0 Å². The smallest absolute Gasteiger partial charge is 0.123 e. The molecule has 1 saturated heterocycles. The third-order valence-corrected chi connectivity index (χ3v) is 4.45. The van der Waals surface area contributed by atoms with Crippen molar-refractivity contribution in [1.82, 2.24) is 0 Å². The summed E-state index contributed by atoms with van der Waals surface area (Å²) in [7, 11) is 0. The molecule has 2 unspecified atom stereocenters. The monoisotopic (exact) mass is 280 g/mol. The van der Waals surface area contributed by atoms with Crippen LogP contribution in [0.1, 0.15) is 51.5 Å². The molecule has 1 aliphatic rings. The van der Waals surface area contributed by atoms with E-state index in [4.69, 9.17) is 4.74 Å².